The molecule has 0 unspecified atom stereocenters. The summed E-state index contributed by atoms with van der Waals surface area (Å²) in [5.41, 5.74) is 0. The lowest BCUT2D eigenvalue weighted by Crippen LogP contribution is -1.81. The first kappa shape index (κ1) is 15.4. The van der Waals surface area contributed by atoms with E-state index in [1.165, 1.54) is 57.1 Å². The molecule has 0 amide bonds. The Kier molecular flexibility index (Phi) is 15.8. The van der Waals surface area contributed by atoms with Crippen molar-refractivity contribution in [3.63, 3.8) is 0 Å². The van der Waals surface area contributed by atoms with Crippen molar-refractivity contribution < 1.29 is 0 Å². The third-order valence-corrected chi connectivity index (χ3v) is 6.80. The summed E-state index contributed by atoms with van der Waals surface area (Å²) in [4.78, 5) is 0. The Labute approximate surface area is 106 Å². The number of unbranched alkanes of at least 4 members (excludes halogenated alkanes) is 7. The van der Waals surface area contributed by atoms with E-state index in [1.54, 1.807) is 19.7 Å². The fourth-order valence-corrected chi connectivity index (χ4v) is 4.63. The molecule has 0 aromatic rings. The van der Waals surface area contributed by atoms with Gasteiger partial charge in [-0.15, -0.1) is 0 Å². The number of thiol groups is 1. The predicted molar refractivity (Wildman–Crippen MR) is 79.2 cm³/mol. The van der Waals surface area contributed by atoms with Gasteiger partial charge in [0.25, 0.3) is 0 Å². The van der Waals surface area contributed by atoms with Crippen LogP contribution >= 0.6 is 42.1 Å². The van der Waals surface area contributed by atoms with Gasteiger partial charge < -0.3 is 0 Å². The highest BCUT2D eigenvalue weighted by molar-refractivity contribution is 9.23. The van der Waals surface area contributed by atoms with E-state index in [-0.39, 0.29) is 0 Å². The van der Waals surface area contributed by atoms with E-state index in [0.29, 0.717) is 0 Å². The summed E-state index contributed by atoms with van der Waals surface area (Å²) in [5.74, 6) is 1.28. The lowest BCUT2D eigenvalue weighted by Gasteiger charge is -2.00. The molecule has 4 heteroatoms. The second kappa shape index (κ2) is 14.4. The zero-order valence-electron chi connectivity index (χ0n) is 9.04. The maximum absolute atomic E-state index is 4.07. The molecule has 0 radical (unpaired) electrons. The molecular formula is C10H22S4. The highest BCUT2D eigenvalue weighted by atomic mass is 33.7. The van der Waals surface area contributed by atoms with Crippen LogP contribution in [0.3, 0.4) is 0 Å². The largest absolute Gasteiger partial charge is 0.0989 e. The van der Waals surface area contributed by atoms with Crippen LogP contribution in [0, 0.1) is 0 Å². The van der Waals surface area contributed by atoms with Crippen molar-refractivity contribution in [3.8, 4) is 0 Å². The van der Waals surface area contributed by atoms with Gasteiger partial charge >= 0.3 is 0 Å². The van der Waals surface area contributed by atoms with Crippen LogP contribution in [0.15, 0.2) is 0 Å². The van der Waals surface area contributed by atoms with Crippen LogP contribution < -0.4 is 0 Å². The Hall–Kier alpha value is 1.40. The summed E-state index contributed by atoms with van der Waals surface area (Å²) in [6.07, 6.45) is 11.3. The first-order valence-electron chi connectivity index (χ1n) is 5.51. The second-order valence-electron chi connectivity index (χ2n) is 3.44. The number of hydrogen-bond donors (Lipinski definition) is 1. The van der Waals surface area contributed by atoms with Gasteiger partial charge in [0, 0.05) is 5.75 Å². The molecule has 0 nitrogen and oxygen atoms in total. The monoisotopic (exact) mass is 270 g/mol. The number of rotatable bonds is 11. The Bertz CT molecular complexity index is 86.1. The van der Waals surface area contributed by atoms with Crippen LogP contribution in [0.4, 0.5) is 0 Å². The molecule has 0 saturated carbocycles. The molecule has 0 saturated heterocycles. The maximum Gasteiger partial charge on any atom is 0.00454 e. The second-order valence-corrected chi connectivity index (χ2v) is 8.50. The first-order chi connectivity index (χ1) is 6.91. The molecule has 86 valence electrons. The first-order valence-corrected chi connectivity index (χ1v) is 10.2. The van der Waals surface area contributed by atoms with Crippen molar-refractivity contribution >= 4 is 42.1 Å². The molecule has 0 aromatic carbocycles. The fourth-order valence-electron chi connectivity index (χ4n) is 1.35. The molecule has 0 aromatic heterocycles. The van der Waals surface area contributed by atoms with Gasteiger partial charge in [-0.3, -0.25) is 0 Å². The molecule has 0 aliphatic carbocycles. The van der Waals surface area contributed by atoms with Crippen molar-refractivity contribution in [3.05, 3.63) is 0 Å². The normalized spacial score (nSPS) is 10.7. The van der Waals surface area contributed by atoms with E-state index in [9.17, 15) is 0 Å². The Morgan fingerprint density at radius 1 is 0.857 bits per heavy atom. The fraction of sp³-hybridized carbons (Fsp3) is 1.00. The van der Waals surface area contributed by atoms with Crippen molar-refractivity contribution in [2.75, 3.05) is 5.75 Å². The zero-order chi connectivity index (χ0) is 10.5. The standard InChI is InChI=1S/C10H22S4/c1-2-3-4-5-6-7-8-9-10-12-14-13-11/h11H,2-10H2,1H3. The average molecular weight is 271 g/mol. The van der Waals surface area contributed by atoms with Gasteiger partial charge in [0.05, 0.1) is 0 Å². The lowest BCUT2D eigenvalue weighted by atomic mass is 10.1. The van der Waals surface area contributed by atoms with Crippen molar-refractivity contribution in [1.29, 1.82) is 0 Å². The predicted octanol–water partition coefficient (Wildman–Crippen LogP) is 6.00. The molecule has 14 heavy (non-hydrogen) atoms. The van der Waals surface area contributed by atoms with Crippen molar-refractivity contribution in [1.82, 2.24) is 0 Å². The minimum Gasteiger partial charge on any atom is -0.0989 e. The highest BCUT2D eigenvalue weighted by Crippen LogP contribution is 2.37. The molecule has 0 aliphatic heterocycles. The van der Waals surface area contributed by atoms with Gasteiger partial charge in [0.15, 0.2) is 0 Å². The molecule has 0 atom stereocenters. The van der Waals surface area contributed by atoms with Crippen LogP contribution in [-0.4, -0.2) is 5.75 Å². The van der Waals surface area contributed by atoms with Crippen molar-refractivity contribution in [2.45, 2.75) is 58.3 Å². The van der Waals surface area contributed by atoms with E-state index in [0.717, 1.165) is 0 Å². The van der Waals surface area contributed by atoms with Gasteiger partial charge in [-0.2, -0.15) is 0 Å². The van der Waals surface area contributed by atoms with Crippen LogP contribution in [0.25, 0.3) is 0 Å². The van der Waals surface area contributed by atoms with E-state index in [2.05, 4.69) is 18.6 Å². The van der Waals surface area contributed by atoms with Gasteiger partial charge in [-0.1, -0.05) is 74.3 Å². The zero-order valence-corrected chi connectivity index (χ0v) is 12.4. The SMILES string of the molecule is CCCCCCCCCCSSSS. The molecule has 0 N–H and O–H groups in total. The molecular weight excluding hydrogens is 248 g/mol. The Morgan fingerprint density at radius 3 is 2.00 bits per heavy atom. The molecule has 0 rings (SSSR count). The van der Waals surface area contributed by atoms with E-state index in [4.69, 9.17) is 0 Å². The number of hydrogen-bond acceptors (Lipinski definition) is 4. The molecule has 0 spiro atoms. The minimum atomic E-state index is 1.28. The van der Waals surface area contributed by atoms with E-state index < -0.39 is 0 Å². The third kappa shape index (κ3) is 13.4. The van der Waals surface area contributed by atoms with Gasteiger partial charge in [-0.25, -0.2) is 0 Å². The summed E-state index contributed by atoms with van der Waals surface area (Å²) >= 11 is 4.07. The van der Waals surface area contributed by atoms with Crippen LogP contribution in [0.2, 0.25) is 0 Å². The summed E-state index contributed by atoms with van der Waals surface area (Å²) in [6.45, 7) is 2.27. The van der Waals surface area contributed by atoms with Crippen LogP contribution in [0.5, 0.6) is 0 Å². The quantitative estimate of drug-likeness (QED) is 0.278. The van der Waals surface area contributed by atoms with Crippen molar-refractivity contribution in [2.24, 2.45) is 0 Å². The lowest BCUT2D eigenvalue weighted by molar-refractivity contribution is 0.586. The topological polar surface area (TPSA) is 0 Å². The Balaban J connectivity index is 2.78. The maximum atomic E-state index is 4.07. The van der Waals surface area contributed by atoms with Gasteiger partial charge in [-0.05, 0) is 26.1 Å². The van der Waals surface area contributed by atoms with Gasteiger partial charge in [0.2, 0.25) is 0 Å². The minimum absolute atomic E-state index is 1.28. The summed E-state index contributed by atoms with van der Waals surface area (Å²) in [6, 6.07) is 0. The smallest absolute Gasteiger partial charge is 0.00454 e. The molecule has 0 bridgehead atoms. The summed E-state index contributed by atoms with van der Waals surface area (Å²) in [7, 11) is 5.26. The highest BCUT2D eigenvalue weighted by Gasteiger charge is 1.92. The van der Waals surface area contributed by atoms with Gasteiger partial charge in [0.1, 0.15) is 0 Å². The average Bonchev–Trinajstić information content (AvgIpc) is 2.21. The van der Waals surface area contributed by atoms with Crippen LogP contribution in [-0.2, 0) is 0 Å². The van der Waals surface area contributed by atoms with E-state index in [1.807, 2.05) is 10.8 Å². The van der Waals surface area contributed by atoms with Crippen LogP contribution in [0.1, 0.15) is 58.3 Å². The molecule has 0 aliphatic rings. The molecule has 0 heterocycles. The summed E-state index contributed by atoms with van der Waals surface area (Å²) < 4.78 is 0. The molecule has 0 fully saturated rings. The van der Waals surface area contributed by atoms with E-state index >= 15 is 0 Å². The Morgan fingerprint density at radius 2 is 1.43 bits per heavy atom. The summed E-state index contributed by atoms with van der Waals surface area (Å²) in [5, 5.41) is 0. The third-order valence-electron chi connectivity index (χ3n) is 2.16.